The lowest BCUT2D eigenvalue weighted by atomic mass is 9.88. The van der Waals surface area contributed by atoms with Crippen LogP contribution in [0, 0.1) is 29.9 Å². The van der Waals surface area contributed by atoms with Crippen LogP contribution in [0.3, 0.4) is 0 Å². The van der Waals surface area contributed by atoms with E-state index in [-0.39, 0.29) is 22.3 Å². The summed E-state index contributed by atoms with van der Waals surface area (Å²) in [7, 11) is -3.82. The van der Waals surface area contributed by atoms with Gasteiger partial charge >= 0.3 is 0 Å². The second-order valence-electron chi connectivity index (χ2n) is 7.93. The van der Waals surface area contributed by atoms with Crippen molar-refractivity contribution < 1.29 is 17.8 Å². The van der Waals surface area contributed by atoms with Crippen LogP contribution in [0.4, 0.5) is 11.4 Å². The lowest BCUT2D eigenvalue weighted by Crippen LogP contribution is -2.37. The van der Waals surface area contributed by atoms with Gasteiger partial charge in [-0.3, -0.25) is 10.1 Å². The van der Waals surface area contributed by atoms with Gasteiger partial charge in [0.2, 0.25) is 10.0 Å². The molecule has 30 heavy (non-hydrogen) atoms. The molecule has 2 aromatic rings. The number of rotatable bonds is 8. The fourth-order valence-electron chi connectivity index (χ4n) is 3.76. The minimum Gasteiger partial charge on any atom is -0.446 e. The van der Waals surface area contributed by atoms with Gasteiger partial charge in [0.15, 0.2) is 5.89 Å². The predicted octanol–water partition coefficient (Wildman–Crippen LogP) is 3.71. The minimum absolute atomic E-state index is 0.0960. The summed E-state index contributed by atoms with van der Waals surface area (Å²) >= 11 is 0. The van der Waals surface area contributed by atoms with Crippen LogP contribution in [0.5, 0.6) is 0 Å². The quantitative estimate of drug-likeness (QED) is 0.477. The third kappa shape index (κ3) is 5.37. The molecule has 10 heteroatoms. The van der Waals surface area contributed by atoms with E-state index >= 15 is 0 Å². The van der Waals surface area contributed by atoms with Crippen molar-refractivity contribution in [1.82, 2.24) is 9.71 Å². The Morgan fingerprint density at radius 3 is 2.53 bits per heavy atom. The second kappa shape index (κ2) is 9.13. The van der Waals surface area contributed by atoms with Crippen molar-refractivity contribution in [3.63, 3.8) is 0 Å². The van der Waals surface area contributed by atoms with Crippen LogP contribution in [0.2, 0.25) is 0 Å². The van der Waals surface area contributed by atoms with Crippen molar-refractivity contribution >= 4 is 21.4 Å². The van der Waals surface area contributed by atoms with E-state index in [9.17, 15) is 18.5 Å². The molecular formula is C20H28N4O5S. The topological polar surface area (TPSA) is 127 Å². The van der Waals surface area contributed by atoms with Gasteiger partial charge in [-0.05, 0) is 50.7 Å². The first-order chi connectivity index (χ1) is 14.2. The molecular weight excluding hydrogens is 408 g/mol. The zero-order valence-corrected chi connectivity index (χ0v) is 18.3. The van der Waals surface area contributed by atoms with E-state index in [1.807, 2.05) is 6.92 Å². The Morgan fingerprint density at radius 2 is 1.93 bits per heavy atom. The maximum atomic E-state index is 12.7. The van der Waals surface area contributed by atoms with Crippen LogP contribution in [-0.2, 0) is 16.4 Å². The lowest BCUT2D eigenvalue weighted by Gasteiger charge is -2.26. The molecule has 0 unspecified atom stereocenters. The summed E-state index contributed by atoms with van der Waals surface area (Å²) in [5, 5.41) is 14.5. The van der Waals surface area contributed by atoms with Gasteiger partial charge in [0, 0.05) is 32.0 Å². The molecule has 164 valence electrons. The van der Waals surface area contributed by atoms with Gasteiger partial charge < -0.3 is 9.73 Å². The van der Waals surface area contributed by atoms with Gasteiger partial charge in [-0.2, -0.15) is 0 Å². The van der Waals surface area contributed by atoms with Gasteiger partial charge in [-0.1, -0.05) is 6.92 Å². The number of nitrogens with one attached hydrogen (secondary N) is 2. The highest BCUT2D eigenvalue weighted by atomic mass is 32.2. The number of benzene rings is 1. The number of nitro benzene ring substituents is 1. The Labute approximate surface area is 176 Å². The number of aryl methyl sites for hydroxylation is 2. The molecule has 1 saturated carbocycles. The number of nitrogens with zero attached hydrogens (tertiary/aromatic N) is 2. The van der Waals surface area contributed by atoms with Gasteiger partial charge in [-0.25, -0.2) is 18.1 Å². The fourth-order valence-corrected chi connectivity index (χ4v) is 5.09. The summed E-state index contributed by atoms with van der Waals surface area (Å²) < 4.78 is 33.5. The van der Waals surface area contributed by atoms with Gasteiger partial charge in [-0.15, -0.1) is 0 Å². The standard InChI is InChI=1S/C20H28N4O5S/c1-13-4-6-16(7-5-13)23-30(27,28)17-8-9-19(20(12-17)24(25)26)21-11-10-18-14(2)29-15(3)22-18/h8-9,12-13,16,21,23H,4-7,10-11H2,1-3H3. The van der Waals surface area contributed by atoms with E-state index in [1.54, 1.807) is 6.92 Å². The lowest BCUT2D eigenvalue weighted by molar-refractivity contribution is -0.384. The van der Waals surface area contributed by atoms with Crippen molar-refractivity contribution in [3.05, 3.63) is 45.7 Å². The Morgan fingerprint density at radius 1 is 1.23 bits per heavy atom. The van der Waals surface area contributed by atoms with Crippen LogP contribution >= 0.6 is 0 Å². The fraction of sp³-hybridized carbons (Fsp3) is 0.550. The summed E-state index contributed by atoms with van der Waals surface area (Å²) in [6.07, 6.45) is 4.04. The minimum atomic E-state index is -3.82. The van der Waals surface area contributed by atoms with E-state index in [2.05, 4.69) is 21.9 Å². The van der Waals surface area contributed by atoms with Crippen LogP contribution in [0.15, 0.2) is 27.5 Å². The van der Waals surface area contributed by atoms with Crippen molar-refractivity contribution in [2.24, 2.45) is 5.92 Å². The number of aromatic nitrogens is 1. The van der Waals surface area contributed by atoms with Crippen LogP contribution in [0.25, 0.3) is 0 Å². The molecule has 0 saturated heterocycles. The van der Waals surface area contributed by atoms with E-state index < -0.39 is 14.9 Å². The molecule has 3 rings (SSSR count). The highest BCUT2D eigenvalue weighted by molar-refractivity contribution is 7.89. The number of hydrogen-bond donors (Lipinski definition) is 2. The van der Waals surface area contributed by atoms with Gasteiger partial charge in [0.05, 0.1) is 15.5 Å². The normalized spacial score (nSPS) is 19.6. The number of hydrogen-bond acceptors (Lipinski definition) is 7. The zero-order chi connectivity index (χ0) is 21.9. The Bertz CT molecular complexity index is 1010. The van der Waals surface area contributed by atoms with Gasteiger partial charge in [0.25, 0.3) is 5.69 Å². The van der Waals surface area contributed by atoms with Crippen LogP contribution in [0.1, 0.15) is 50.0 Å². The summed E-state index contributed by atoms with van der Waals surface area (Å²) in [6, 6.07) is 3.82. The molecule has 0 amide bonds. The maximum absolute atomic E-state index is 12.7. The van der Waals surface area contributed by atoms with E-state index in [1.165, 1.54) is 12.1 Å². The zero-order valence-electron chi connectivity index (χ0n) is 17.5. The number of oxazole rings is 1. The molecule has 1 aliphatic carbocycles. The van der Waals surface area contributed by atoms with Crippen molar-refractivity contribution in [2.45, 2.75) is 63.8 Å². The van der Waals surface area contributed by atoms with Crippen molar-refractivity contribution in [1.29, 1.82) is 0 Å². The monoisotopic (exact) mass is 436 g/mol. The molecule has 0 atom stereocenters. The molecule has 1 aliphatic rings. The average Bonchev–Trinajstić information content (AvgIpc) is 3.00. The predicted molar refractivity (Wildman–Crippen MR) is 113 cm³/mol. The van der Waals surface area contributed by atoms with E-state index in [0.29, 0.717) is 30.5 Å². The molecule has 0 aliphatic heterocycles. The molecule has 0 bridgehead atoms. The summed E-state index contributed by atoms with van der Waals surface area (Å²) in [4.78, 5) is 15.1. The number of nitro groups is 1. The highest BCUT2D eigenvalue weighted by Crippen LogP contribution is 2.29. The first kappa shape index (κ1) is 22.2. The van der Waals surface area contributed by atoms with E-state index in [4.69, 9.17) is 4.42 Å². The molecule has 9 nitrogen and oxygen atoms in total. The number of anilines is 1. The third-order valence-corrected chi connectivity index (χ3v) is 7.01. The SMILES string of the molecule is Cc1nc(CCNc2ccc(S(=O)(=O)NC3CCC(C)CC3)cc2[N+](=O)[O-])c(C)o1. The number of sulfonamides is 1. The van der Waals surface area contributed by atoms with Crippen LogP contribution < -0.4 is 10.0 Å². The molecule has 1 aromatic heterocycles. The Hall–Kier alpha value is -2.46. The molecule has 1 fully saturated rings. The first-order valence-electron chi connectivity index (χ1n) is 10.1. The smallest absolute Gasteiger partial charge is 0.293 e. The largest absolute Gasteiger partial charge is 0.446 e. The molecule has 0 spiro atoms. The first-order valence-corrected chi connectivity index (χ1v) is 11.6. The Balaban J connectivity index is 1.71. The Kier molecular flexibility index (Phi) is 6.77. The molecule has 1 heterocycles. The molecule has 0 radical (unpaired) electrons. The summed E-state index contributed by atoms with van der Waals surface area (Å²) in [6.45, 7) is 6.14. The summed E-state index contributed by atoms with van der Waals surface area (Å²) in [5.74, 6) is 1.89. The summed E-state index contributed by atoms with van der Waals surface area (Å²) in [5.41, 5.74) is 0.777. The molecule has 1 aromatic carbocycles. The highest BCUT2D eigenvalue weighted by Gasteiger charge is 2.26. The van der Waals surface area contributed by atoms with Crippen molar-refractivity contribution in [3.8, 4) is 0 Å². The average molecular weight is 437 g/mol. The van der Waals surface area contributed by atoms with Gasteiger partial charge in [0.1, 0.15) is 11.4 Å². The third-order valence-electron chi connectivity index (χ3n) is 5.49. The van der Waals surface area contributed by atoms with E-state index in [0.717, 1.165) is 37.4 Å². The van der Waals surface area contributed by atoms with Crippen LogP contribution in [-0.4, -0.2) is 30.9 Å². The molecule has 2 N–H and O–H groups in total. The van der Waals surface area contributed by atoms with Crippen molar-refractivity contribution in [2.75, 3.05) is 11.9 Å². The second-order valence-corrected chi connectivity index (χ2v) is 9.64. The maximum Gasteiger partial charge on any atom is 0.293 e.